The van der Waals surface area contributed by atoms with Crippen molar-refractivity contribution in [3.05, 3.63) is 105 Å². The molecule has 0 fully saturated rings. The molecule has 0 amide bonds. The Kier molecular flexibility index (Phi) is 7.50. The molecule has 0 saturated carbocycles. The number of benzene rings is 3. The van der Waals surface area contributed by atoms with Crippen LogP contribution in [0.1, 0.15) is 48.6 Å². The summed E-state index contributed by atoms with van der Waals surface area (Å²) in [6.07, 6.45) is 2.97. The van der Waals surface area contributed by atoms with Crippen molar-refractivity contribution in [1.82, 2.24) is 4.57 Å². The lowest BCUT2D eigenvalue weighted by atomic mass is 9.99. The third-order valence-electron chi connectivity index (χ3n) is 6.72. The van der Waals surface area contributed by atoms with Crippen LogP contribution in [0, 0.1) is 28.4 Å². The molecule has 1 atom stereocenters. The van der Waals surface area contributed by atoms with E-state index in [1.165, 1.54) is 17.7 Å². The van der Waals surface area contributed by atoms with Crippen LogP contribution in [-0.2, 0) is 6.54 Å². The monoisotopic (exact) mass is 479 g/mol. The number of nitro groups is 1. The van der Waals surface area contributed by atoms with Gasteiger partial charge in [-0.2, -0.15) is 5.26 Å². The van der Waals surface area contributed by atoms with Gasteiger partial charge in [-0.3, -0.25) is 10.1 Å². The number of nitriles is 1. The van der Waals surface area contributed by atoms with Crippen molar-refractivity contribution in [2.45, 2.75) is 39.7 Å². The minimum absolute atomic E-state index is 0.00154. The Morgan fingerprint density at radius 2 is 1.81 bits per heavy atom. The molecule has 0 radical (unpaired) electrons. The van der Waals surface area contributed by atoms with Crippen LogP contribution in [-0.4, -0.2) is 16.1 Å². The van der Waals surface area contributed by atoms with Crippen LogP contribution >= 0.6 is 0 Å². The highest BCUT2D eigenvalue weighted by Crippen LogP contribution is 2.30. The third-order valence-corrected chi connectivity index (χ3v) is 6.72. The van der Waals surface area contributed by atoms with Crippen LogP contribution in [0.25, 0.3) is 22.6 Å². The largest absolute Gasteiger partial charge is 0.492 e. The van der Waals surface area contributed by atoms with E-state index in [0.717, 1.165) is 34.3 Å². The van der Waals surface area contributed by atoms with E-state index in [1.54, 1.807) is 12.1 Å². The summed E-state index contributed by atoms with van der Waals surface area (Å²) in [5, 5.41) is 21.9. The highest BCUT2D eigenvalue weighted by molar-refractivity contribution is 5.99. The molecular weight excluding hydrogens is 450 g/mol. The van der Waals surface area contributed by atoms with Gasteiger partial charge in [0.1, 0.15) is 12.4 Å². The summed E-state index contributed by atoms with van der Waals surface area (Å²) in [4.78, 5) is 10.5. The molecule has 1 aromatic heterocycles. The Morgan fingerprint density at radius 1 is 1.11 bits per heavy atom. The van der Waals surface area contributed by atoms with Crippen molar-refractivity contribution in [1.29, 1.82) is 5.26 Å². The Balaban J connectivity index is 1.59. The van der Waals surface area contributed by atoms with E-state index >= 15 is 0 Å². The zero-order valence-electron chi connectivity index (χ0n) is 20.8. The number of fused-ring (bicyclic) bond motifs is 1. The van der Waals surface area contributed by atoms with Gasteiger partial charge in [-0.15, -0.1) is 0 Å². The lowest BCUT2D eigenvalue weighted by Gasteiger charge is -2.12. The van der Waals surface area contributed by atoms with E-state index in [9.17, 15) is 15.4 Å². The van der Waals surface area contributed by atoms with E-state index in [4.69, 9.17) is 4.74 Å². The molecule has 0 aliphatic rings. The van der Waals surface area contributed by atoms with Gasteiger partial charge in [0, 0.05) is 34.3 Å². The molecule has 1 heterocycles. The van der Waals surface area contributed by atoms with E-state index < -0.39 is 4.92 Å². The molecule has 0 N–H and O–H groups in total. The highest BCUT2D eigenvalue weighted by atomic mass is 16.6. The van der Waals surface area contributed by atoms with Crippen molar-refractivity contribution in [3.8, 4) is 11.8 Å². The molecule has 0 spiro atoms. The maximum atomic E-state index is 11.0. The van der Waals surface area contributed by atoms with Gasteiger partial charge in [0.05, 0.1) is 23.1 Å². The number of nitrogens with zero attached hydrogens (tertiary/aromatic N) is 3. The zero-order valence-corrected chi connectivity index (χ0v) is 20.8. The fraction of sp³-hybridized carbons (Fsp3) is 0.233. The Labute approximate surface area is 211 Å². The first-order valence-electron chi connectivity index (χ1n) is 12.1. The van der Waals surface area contributed by atoms with Gasteiger partial charge in [0.15, 0.2) is 0 Å². The standard InChI is InChI=1S/C30H29N3O3/c1-4-21(2)23-11-15-27(16-12-23)36-18-17-32-22(3)29(28-7-5-6-8-30(28)32)19-25(20-31)24-9-13-26(14-10-24)33(34)35/h5-16,19,21H,4,17-18H2,1-3H3/b25-19+/t21-/m1/s1. The van der Waals surface area contributed by atoms with Crippen molar-refractivity contribution in [2.75, 3.05) is 6.61 Å². The van der Waals surface area contributed by atoms with E-state index in [1.807, 2.05) is 43.3 Å². The summed E-state index contributed by atoms with van der Waals surface area (Å²) in [6, 6.07) is 24.7. The number of nitro benzene ring substituents is 1. The molecule has 4 aromatic rings. The third kappa shape index (κ3) is 5.16. The average Bonchev–Trinajstić information content (AvgIpc) is 3.17. The van der Waals surface area contributed by atoms with Crippen molar-refractivity contribution >= 4 is 28.2 Å². The number of allylic oxidation sites excluding steroid dienone is 1. The van der Waals surface area contributed by atoms with Gasteiger partial charge in [-0.25, -0.2) is 0 Å². The molecule has 3 aromatic carbocycles. The van der Waals surface area contributed by atoms with Crippen molar-refractivity contribution in [3.63, 3.8) is 0 Å². The summed E-state index contributed by atoms with van der Waals surface area (Å²) in [7, 11) is 0. The number of hydrogen-bond donors (Lipinski definition) is 0. The predicted molar refractivity (Wildman–Crippen MR) is 144 cm³/mol. The number of ether oxygens (including phenoxy) is 1. The quantitative estimate of drug-likeness (QED) is 0.141. The fourth-order valence-electron chi connectivity index (χ4n) is 4.40. The van der Waals surface area contributed by atoms with Crippen molar-refractivity contribution in [2.24, 2.45) is 0 Å². The molecule has 6 heteroatoms. The van der Waals surface area contributed by atoms with Gasteiger partial charge in [-0.1, -0.05) is 44.2 Å². The minimum Gasteiger partial charge on any atom is -0.492 e. The summed E-state index contributed by atoms with van der Waals surface area (Å²) in [6.45, 7) is 7.62. The zero-order chi connectivity index (χ0) is 25.7. The molecule has 0 saturated heterocycles. The normalized spacial score (nSPS) is 12.3. The van der Waals surface area contributed by atoms with Crippen LogP contribution in [0.4, 0.5) is 5.69 Å². The topological polar surface area (TPSA) is 81.1 Å². The predicted octanol–water partition coefficient (Wildman–Crippen LogP) is 7.51. The highest BCUT2D eigenvalue weighted by Gasteiger charge is 2.14. The van der Waals surface area contributed by atoms with Crippen LogP contribution in [0.5, 0.6) is 5.75 Å². The number of para-hydroxylation sites is 1. The Hall–Kier alpha value is -4.37. The minimum atomic E-state index is -0.445. The molecule has 182 valence electrons. The van der Waals surface area contributed by atoms with Gasteiger partial charge >= 0.3 is 0 Å². The van der Waals surface area contributed by atoms with Crippen LogP contribution < -0.4 is 4.74 Å². The van der Waals surface area contributed by atoms with E-state index in [-0.39, 0.29) is 5.69 Å². The molecule has 36 heavy (non-hydrogen) atoms. The summed E-state index contributed by atoms with van der Waals surface area (Å²) in [5.74, 6) is 1.38. The van der Waals surface area contributed by atoms with E-state index in [2.05, 4.69) is 42.7 Å². The molecule has 4 rings (SSSR count). The van der Waals surface area contributed by atoms with Gasteiger partial charge < -0.3 is 9.30 Å². The summed E-state index contributed by atoms with van der Waals surface area (Å²) >= 11 is 0. The van der Waals surface area contributed by atoms with Crippen LogP contribution in [0.3, 0.4) is 0 Å². The Bertz CT molecular complexity index is 1440. The molecule has 0 aliphatic heterocycles. The first kappa shape index (κ1) is 24.7. The summed E-state index contributed by atoms with van der Waals surface area (Å²) in [5.41, 5.74) is 5.46. The van der Waals surface area contributed by atoms with Gasteiger partial charge in [0.25, 0.3) is 5.69 Å². The maximum Gasteiger partial charge on any atom is 0.269 e. The number of aromatic nitrogens is 1. The Morgan fingerprint density at radius 3 is 2.44 bits per heavy atom. The fourth-order valence-corrected chi connectivity index (χ4v) is 4.40. The second kappa shape index (κ2) is 10.9. The SMILES string of the molecule is CC[C@@H](C)c1ccc(OCCn2c(C)c(/C=C(\C#N)c3ccc([N+](=O)[O-])cc3)c3ccccc32)cc1. The van der Waals surface area contributed by atoms with E-state index in [0.29, 0.717) is 30.2 Å². The second-order valence-corrected chi connectivity index (χ2v) is 8.87. The molecule has 0 aliphatic carbocycles. The number of rotatable bonds is 9. The second-order valence-electron chi connectivity index (χ2n) is 8.87. The van der Waals surface area contributed by atoms with Crippen molar-refractivity contribution < 1.29 is 9.66 Å². The average molecular weight is 480 g/mol. The first-order valence-corrected chi connectivity index (χ1v) is 12.1. The smallest absolute Gasteiger partial charge is 0.269 e. The molecule has 0 bridgehead atoms. The number of hydrogen-bond acceptors (Lipinski definition) is 4. The molecule has 6 nitrogen and oxygen atoms in total. The molecule has 0 unspecified atom stereocenters. The lowest BCUT2D eigenvalue weighted by molar-refractivity contribution is -0.384. The van der Waals surface area contributed by atoms with Gasteiger partial charge in [-0.05, 0) is 66.8 Å². The van der Waals surface area contributed by atoms with Crippen LogP contribution in [0.2, 0.25) is 0 Å². The maximum absolute atomic E-state index is 11.0. The van der Waals surface area contributed by atoms with Gasteiger partial charge in [0.2, 0.25) is 0 Å². The lowest BCUT2D eigenvalue weighted by Crippen LogP contribution is -2.09. The first-order chi connectivity index (χ1) is 17.4. The molecular formula is C30H29N3O3. The number of non-ortho nitro benzene ring substituents is 1. The van der Waals surface area contributed by atoms with Crippen LogP contribution in [0.15, 0.2) is 72.8 Å². The summed E-state index contributed by atoms with van der Waals surface area (Å²) < 4.78 is 8.26.